The van der Waals surface area contributed by atoms with Crippen molar-refractivity contribution in [2.75, 3.05) is 4.90 Å². The minimum Gasteiger partial charge on any atom is -0.455 e. The van der Waals surface area contributed by atoms with Crippen LogP contribution in [-0.4, -0.2) is 0 Å². The standard InChI is InChI=1S/C55H39NO/c1-55(2)49-23-12-11-20-48(49)52-50(55)34-32-47-46-22-13-21-43(53(46)57-54(47)52)39-26-30-41(31-27-39)56(40-28-24-37(25-29-40)36-14-5-3-6-15-36)51-35-33-42(38-16-7-4-8-17-38)44-18-9-10-19-45(44)51/h3-35H,1-2H3. The number of benzene rings is 9. The molecular weight excluding hydrogens is 691 g/mol. The van der Waals surface area contributed by atoms with Crippen LogP contribution in [0, 0.1) is 0 Å². The molecule has 2 heteroatoms. The van der Waals surface area contributed by atoms with Crippen LogP contribution in [0.25, 0.3) is 77.2 Å². The number of furan rings is 1. The van der Waals surface area contributed by atoms with Gasteiger partial charge in [0.1, 0.15) is 11.2 Å². The molecule has 9 aromatic carbocycles. The highest BCUT2D eigenvalue weighted by Crippen LogP contribution is 2.53. The van der Waals surface area contributed by atoms with Crippen LogP contribution in [0.1, 0.15) is 25.0 Å². The molecule has 0 atom stereocenters. The lowest BCUT2D eigenvalue weighted by Crippen LogP contribution is -2.14. The van der Waals surface area contributed by atoms with E-state index in [1.807, 2.05) is 0 Å². The average molecular weight is 730 g/mol. The Labute approximate surface area is 332 Å². The van der Waals surface area contributed by atoms with Gasteiger partial charge in [-0.1, -0.05) is 184 Å². The van der Waals surface area contributed by atoms with Gasteiger partial charge in [-0.15, -0.1) is 0 Å². The quantitative estimate of drug-likeness (QED) is 0.169. The summed E-state index contributed by atoms with van der Waals surface area (Å²) in [6.07, 6.45) is 0. The fourth-order valence-corrected chi connectivity index (χ4v) is 9.27. The Morgan fingerprint density at radius 2 is 0.895 bits per heavy atom. The molecule has 0 fully saturated rings. The van der Waals surface area contributed by atoms with Crippen molar-refractivity contribution in [2.45, 2.75) is 19.3 Å². The summed E-state index contributed by atoms with van der Waals surface area (Å²) in [6, 6.07) is 72.4. The van der Waals surface area contributed by atoms with Crippen molar-refractivity contribution < 1.29 is 4.42 Å². The first-order valence-corrected chi connectivity index (χ1v) is 19.8. The lowest BCUT2D eigenvalue weighted by molar-refractivity contribution is 0.653. The summed E-state index contributed by atoms with van der Waals surface area (Å²) < 4.78 is 6.98. The fourth-order valence-electron chi connectivity index (χ4n) is 9.27. The van der Waals surface area contributed by atoms with Gasteiger partial charge in [0.15, 0.2) is 0 Å². The number of para-hydroxylation sites is 1. The molecule has 0 saturated carbocycles. The van der Waals surface area contributed by atoms with Crippen LogP contribution in [0.3, 0.4) is 0 Å². The first kappa shape index (κ1) is 33.2. The summed E-state index contributed by atoms with van der Waals surface area (Å²) >= 11 is 0. The molecule has 2 nitrogen and oxygen atoms in total. The lowest BCUT2D eigenvalue weighted by Gasteiger charge is -2.28. The van der Waals surface area contributed by atoms with Crippen molar-refractivity contribution in [2.24, 2.45) is 0 Å². The van der Waals surface area contributed by atoms with Crippen LogP contribution >= 0.6 is 0 Å². The molecule has 0 unspecified atom stereocenters. The summed E-state index contributed by atoms with van der Waals surface area (Å²) in [7, 11) is 0. The van der Waals surface area contributed by atoms with Gasteiger partial charge in [0.05, 0.1) is 5.69 Å². The SMILES string of the molecule is CC1(C)c2ccccc2-c2c1ccc1c2oc2c(-c3ccc(N(c4ccc(-c5ccccc5)cc4)c4ccc(-c5ccccc5)c5ccccc45)cc3)cccc21. The zero-order chi connectivity index (χ0) is 38.1. The maximum Gasteiger partial charge on any atom is 0.143 e. The van der Waals surface area contributed by atoms with E-state index in [1.165, 1.54) is 55.3 Å². The molecule has 0 saturated heterocycles. The Bertz CT molecular complexity index is 3120. The number of nitrogens with zero attached hydrogens (tertiary/aromatic N) is 1. The van der Waals surface area contributed by atoms with Crippen LogP contribution in [0.2, 0.25) is 0 Å². The van der Waals surface area contributed by atoms with Gasteiger partial charge in [-0.05, 0) is 80.2 Å². The van der Waals surface area contributed by atoms with E-state index in [0.29, 0.717) is 0 Å². The molecule has 0 amide bonds. The van der Waals surface area contributed by atoms with Crippen LogP contribution in [0.5, 0.6) is 0 Å². The van der Waals surface area contributed by atoms with Crippen LogP contribution in [0.4, 0.5) is 17.1 Å². The summed E-state index contributed by atoms with van der Waals surface area (Å²) in [5.74, 6) is 0. The molecule has 270 valence electrons. The van der Waals surface area contributed by atoms with Crippen molar-refractivity contribution in [3.63, 3.8) is 0 Å². The second kappa shape index (κ2) is 13.0. The molecular formula is C55H39NO. The monoisotopic (exact) mass is 729 g/mol. The van der Waals surface area contributed by atoms with Crippen LogP contribution in [0.15, 0.2) is 205 Å². The molecule has 11 rings (SSSR count). The first-order valence-electron chi connectivity index (χ1n) is 19.8. The topological polar surface area (TPSA) is 16.4 Å². The van der Waals surface area contributed by atoms with E-state index in [4.69, 9.17) is 4.42 Å². The second-order valence-electron chi connectivity index (χ2n) is 15.7. The Morgan fingerprint density at radius 3 is 1.63 bits per heavy atom. The third-order valence-electron chi connectivity index (χ3n) is 12.1. The third-order valence-corrected chi connectivity index (χ3v) is 12.1. The lowest BCUT2D eigenvalue weighted by atomic mass is 9.82. The Hall–Kier alpha value is -7.16. The smallest absolute Gasteiger partial charge is 0.143 e. The van der Waals surface area contributed by atoms with E-state index >= 15 is 0 Å². The highest BCUT2D eigenvalue weighted by Gasteiger charge is 2.37. The van der Waals surface area contributed by atoms with Gasteiger partial charge in [0.2, 0.25) is 0 Å². The van der Waals surface area contributed by atoms with E-state index in [9.17, 15) is 0 Å². The van der Waals surface area contributed by atoms with E-state index in [1.54, 1.807) is 0 Å². The van der Waals surface area contributed by atoms with Crippen LogP contribution < -0.4 is 4.90 Å². The summed E-state index contributed by atoms with van der Waals surface area (Å²) in [5, 5.41) is 4.71. The Morgan fingerprint density at radius 1 is 0.351 bits per heavy atom. The number of anilines is 3. The van der Waals surface area contributed by atoms with E-state index in [-0.39, 0.29) is 5.41 Å². The van der Waals surface area contributed by atoms with E-state index in [0.717, 1.165) is 50.1 Å². The Kier molecular flexibility index (Phi) is 7.55. The van der Waals surface area contributed by atoms with Crippen molar-refractivity contribution in [3.8, 4) is 44.5 Å². The highest BCUT2D eigenvalue weighted by atomic mass is 16.3. The molecule has 10 aromatic rings. The van der Waals surface area contributed by atoms with Crippen molar-refractivity contribution >= 4 is 49.8 Å². The van der Waals surface area contributed by atoms with Gasteiger partial charge in [0, 0.05) is 44.1 Å². The van der Waals surface area contributed by atoms with E-state index < -0.39 is 0 Å². The molecule has 57 heavy (non-hydrogen) atoms. The van der Waals surface area contributed by atoms with Gasteiger partial charge in [-0.2, -0.15) is 0 Å². The normalized spacial score (nSPS) is 12.9. The van der Waals surface area contributed by atoms with Crippen molar-refractivity contribution in [3.05, 3.63) is 211 Å². The maximum absolute atomic E-state index is 6.98. The second-order valence-corrected chi connectivity index (χ2v) is 15.7. The molecule has 1 aliphatic carbocycles. The van der Waals surface area contributed by atoms with Crippen molar-refractivity contribution in [1.82, 2.24) is 0 Å². The fraction of sp³-hybridized carbons (Fsp3) is 0.0545. The molecule has 1 heterocycles. The van der Waals surface area contributed by atoms with Gasteiger partial charge >= 0.3 is 0 Å². The molecule has 0 aliphatic heterocycles. The summed E-state index contributed by atoms with van der Waals surface area (Å²) in [4.78, 5) is 2.39. The predicted octanol–water partition coefficient (Wildman–Crippen LogP) is 15.5. The number of hydrogen-bond acceptors (Lipinski definition) is 2. The number of fused-ring (bicyclic) bond motifs is 8. The van der Waals surface area contributed by atoms with Crippen molar-refractivity contribution in [1.29, 1.82) is 0 Å². The molecule has 0 N–H and O–H groups in total. The third kappa shape index (κ3) is 5.25. The number of hydrogen-bond donors (Lipinski definition) is 0. The first-order chi connectivity index (χ1) is 28.0. The average Bonchev–Trinajstić information content (AvgIpc) is 3.77. The predicted molar refractivity (Wildman–Crippen MR) is 240 cm³/mol. The largest absolute Gasteiger partial charge is 0.455 e. The maximum atomic E-state index is 6.98. The van der Waals surface area contributed by atoms with Crippen LogP contribution in [-0.2, 0) is 5.41 Å². The highest BCUT2D eigenvalue weighted by molar-refractivity contribution is 6.15. The van der Waals surface area contributed by atoms with Gasteiger partial charge in [-0.25, -0.2) is 0 Å². The minimum atomic E-state index is -0.0846. The summed E-state index contributed by atoms with van der Waals surface area (Å²) in [5.41, 5.74) is 17.3. The zero-order valence-electron chi connectivity index (χ0n) is 31.9. The van der Waals surface area contributed by atoms with Gasteiger partial charge < -0.3 is 9.32 Å². The molecule has 0 bridgehead atoms. The molecule has 1 aromatic heterocycles. The molecule has 1 aliphatic rings. The van der Waals surface area contributed by atoms with Gasteiger partial charge in [-0.3, -0.25) is 0 Å². The number of rotatable bonds is 6. The Balaban J connectivity index is 1.05. The summed E-state index contributed by atoms with van der Waals surface area (Å²) in [6.45, 7) is 4.64. The molecule has 0 radical (unpaired) electrons. The minimum absolute atomic E-state index is 0.0846. The zero-order valence-corrected chi connectivity index (χ0v) is 31.9. The molecule has 0 spiro atoms. The van der Waals surface area contributed by atoms with Gasteiger partial charge in [0.25, 0.3) is 0 Å². The van der Waals surface area contributed by atoms with E-state index in [2.05, 4.69) is 219 Å².